The quantitative estimate of drug-likeness (QED) is 0.415. The first-order chi connectivity index (χ1) is 15.2. The molecule has 0 bridgehead atoms. The van der Waals surface area contributed by atoms with Crippen molar-refractivity contribution in [2.24, 2.45) is 0 Å². The number of piperidine rings is 1. The van der Waals surface area contributed by atoms with Crippen molar-refractivity contribution < 1.29 is 0 Å². The number of fused-ring (bicyclic) bond motifs is 1. The average molecular weight is 430 g/mol. The smallest absolute Gasteiger partial charge is 0.271 e. The molecule has 0 amide bonds. The van der Waals surface area contributed by atoms with E-state index >= 15 is 0 Å². The number of rotatable bonds is 5. The van der Waals surface area contributed by atoms with Gasteiger partial charge in [-0.05, 0) is 55.4 Å². The van der Waals surface area contributed by atoms with Gasteiger partial charge in [-0.2, -0.15) is 0 Å². The molecule has 31 heavy (non-hydrogen) atoms. The third kappa shape index (κ3) is 4.21. The Balaban J connectivity index is 1.50. The van der Waals surface area contributed by atoms with Crippen molar-refractivity contribution in [3.63, 3.8) is 0 Å². The molecule has 2 aromatic heterocycles. The SMILES string of the molecule is Cc1ccc(-c2ccc(-c3nc4ccsc4c(=O)n3CCN3CCCCC3)cc2)cc1. The molecule has 158 valence electrons. The van der Waals surface area contributed by atoms with Gasteiger partial charge >= 0.3 is 0 Å². The summed E-state index contributed by atoms with van der Waals surface area (Å²) in [7, 11) is 0. The second-order valence-corrected chi connectivity index (χ2v) is 9.29. The highest BCUT2D eigenvalue weighted by Crippen LogP contribution is 2.26. The minimum absolute atomic E-state index is 0.0784. The van der Waals surface area contributed by atoms with E-state index < -0.39 is 0 Å². The van der Waals surface area contributed by atoms with Crippen molar-refractivity contribution in [3.8, 4) is 22.5 Å². The van der Waals surface area contributed by atoms with Crippen LogP contribution in [0.4, 0.5) is 0 Å². The Bertz CT molecular complexity index is 1230. The molecule has 0 atom stereocenters. The Morgan fingerprint density at radius 3 is 2.19 bits per heavy atom. The first-order valence-electron chi connectivity index (χ1n) is 11.1. The number of thiophene rings is 1. The summed E-state index contributed by atoms with van der Waals surface area (Å²) in [5.41, 5.74) is 5.48. The summed E-state index contributed by atoms with van der Waals surface area (Å²) in [6.07, 6.45) is 3.83. The molecule has 1 saturated heterocycles. The van der Waals surface area contributed by atoms with Crippen LogP contribution in [0.25, 0.3) is 32.7 Å². The minimum atomic E-state index is 0.0784. The number of hydrogen-bond acceptors (Lipinski definition) is 4. The van der Waals surface area contributed by atoms with Gasteiger partial charge in [-0.15, -0.1) is 11.3 Å². The van der Waals surface area contributed by atoms with Crippen LogP contribution >= 0.6 is 11.3 Å². The van der Waals surface area contributed by atoms with Crippen molar-refractivity contribution >= 4 is 21.6 Å². The van der Waals surface area contributed by atoms with E-state index in [0.29, 0.717) is 6.54 Å². The molecule has 0 saturated carbocycles. The van der Waals surface area contributed by atoms with E-state index in [1.54, 1.807) is 0 Å². The molecule has 1 fully saturated rings. The van der Waals surface area contributed by atoms with E-state index in [1.165, 1.54) is 47.3 Å². The van der Waals surface area contributed by atoms with E-state index in [2.05, 4.69) is 60.4 Å². The summed E-state index contributed by atoms with van der Waals surface area (Å²) >= 11 is 1.48. The zero-order chi connectivity index (χ0) is 21.2. The Morgan fingerprint density at radius 1 is 0.839 bits per heavy atom. The van der Waals surface area contributed by atoms with Crippen molar-refractivity contribution in [2.75, 3.05) is 19.6 Å². The monoisotopic (exact) mass is 429 g/mol. The molecule has 0 spiro atoms. The van der Waals surface area contributed by atoms with E-state index in [4.69, 9.17) is 4.98 Å². The van der Waals surface area contributed by atoms with Crippen LogP contribution in [0.1, 0.15) is 24.8 Å². The number of likely N-dealkylation sites (tertiary alicyclic amines) is 1. The largest absolute Gasteiger partial charge is 0.302 e. The zero-order valence-corrected chi connectivity index (χ0v) is 18.7. The fourth-order valence-electron chi connectivity index (χ4n) is 4.35. The molecule has 4 aromatic rings. The van der Waals surface area contributed by atoms with E-state index in [9.17, 15) is 4.79 Å². The Labute approximate surface area is 186 Å². The van der Waals surface area contributed by atoms with Crippen molar-refractivity contribution in [3.05, 3.63) is 75.9 Å². The lowest BCUT2D eigenvalue weighted by Gasteiger charge is -2.27. The van der Waals surface area contributed by atoms with Gasteiger partial charge in [0.2, 0.25) is 0 Å². The fourth-order valence-corrected chi connectivity index (χ4v) is 5.13. The van der Waals surface area contributed by atoms with Crippen molar-refractivity contribution in [1.29, 1.82) is 0 Å². The predicted molar refractivity (Wildman–Crippen MR) is 130 cm³/mol. The summed E-state index contributed by atoms with van der Waals surface area (Å²) in [5.74, 6) is 0.767. The molecule has 0 unspecified atom stereocenters. The number of hydrogen-bond donors (Lipinski definition) is 0. The molecule has 5 rings (SSSR count). The van der Waals surface area contributed by atoms with Gasteiger partial charge < -0.3 is 4.90 Å². The fraction of sp³-hybridized carbons (Fsp3) is 0.308. The van der Waals surface area contributed by atoms with E-state index in [0.717, 1.165) is 41.2 Å². The minimum Gasteiger partial charge on any atom is -0.302 e. The third-order valence-electron chi connectivity index (χ3n) is 6.18. The molecule has 3 heterocycles. The Morgan fingerprint density at radius 2 is 1.48 bits per heavy atom. The highest BCUT2D eigenvalue weighted by atomic mass is 32.1. The van der Waals surface area contributed by atoms with E-state index in [1.807, 2.05) is 16.0 Å². The van der Waals surface area contributed by atoms with Crippen LogP contribution in [0.15, 0.2) is 64.8 Å². The lowest BCUT2D eigenvalue weighted by atomic mass is 10.0. The maximum Gasteiger partial charge on any atom is 0.271 e. The van der Waals surface area contributed by atoms with Crippen molar-refractivity contribution in [2.45, 2.75) is 32.7 Å². The molecule has 1 aliphatic heterocycles. The molecular weight excluding hydrogens is 402 g/mol. The molecule has 1 aliphatic rings. The van der Waals surface area contributed by atoms with Gasteiger partial charge in [-0.1, -0.05) is 60.5 Å². The summed E-state index contributed by atoms with van der Waals surface area (Å²) in [6.45, 7) is 5.93. The molecule has 0 radical (unpaired) electrons. The molecule has 2 aromatic carbocycles. The lowest BCUT2D eigenvalue weighted by Crippen LogP contribution is -2.35. The Hall–Kier alpha value is -2.76. The van der Waals surface area contributed by atoms with Crippen LogP contribution in [-0.4, -0.2) is 34.1 Å². The number of aromatic nitrogens is 2. The lowest BCUT2D eigenvalue weighted by molar-refractivity contribution is 0.220. The molecule has 5 heteroatoms. The summed E-state index contributed by atoms with van der Waals surface area (Å²) in [6, 6.07) is 18.9. The van der Waals surface area contributed by atoms with Gasteiger partial charge in [0.25, 0.3) is 5.56 Å². The first kappa shape index (κ1) is 20.2. The molecular formula is C26H27N3OS. The predicted octanol–water partition coefficient (Wildman–Crippen LogP) is 5.59. The number of benzene rings is 2. The number of aryl methyl sites for hydroxylation is 1. The maximum atomic E-state index is 13.3. The third-order valence-corrected chi connectivity index (χ3v) is 7.07. The molecule has 0 aliphatic carbocycles. The second-order valence-electron chi connectivity index (χ2n) is 8.37. The topological polar surface area (TPSA) is 38.1 Å². The van der Waals surface area contributed by atoms with Gasteiger partial charge in [-0.3, -0.25) is 9.36 Å². The number of nitrogens with zero attached hydrogens (tertiary/aromatic N) is 3. The summed E-state index contributed by atoms with van der Waals surface area (Å²) in [5, 5.41) is 1.96. The first-order valence-corrected chi connectivity index (χ1v) is 11.9. The highest BCUT2D eigenvalue weighted by Gasteiger charge is 2.16. The Kier molecular flexibility index (Phi) is 5.70. The summed E-state index contributed by atoms with van der Waals surface area (Å²) < 4.78 is 2.63. The van der Waals surface area contributed by atoms with Gasteiger partial charge in [0, 0.05) is 18.7 Å². The summed E-state index contributed by atoms with van der Waals surface area (Å²) in [4.78, 5) is 20.7. The normalized spacial score (nSPS) is 14.9. The maximum absolute atomic E-state index is 13.3. The van der Waals surface area contributed by atoms with E-state index in [-0.39, 0.29) is 5.56 Å². The van der Waals surface area contributed by atoms with Crippen LogP contribution in [0.5, 0.6) is 0 Å². The zero-order valence-electron chi connectivity index (χ0n) is 17.9. The van der Waals surface area contributed by atoms with Crippen LogP contribution in [-0.2, 0) is 6.54 Å². The van der Waals surface area contributed by atoms with Crippen LogP contribution in [0.2, 0.25) is 0 Å². The van der Waals surface area contributed by atoms with Gasteiger partial charge in [0.1, 0.15) is 10.5 Å². The highest BCUT2D eigenvalue weighted by molar-refractivity contribution is 7.17. The standard InChI is InChI=1S/C26H27N3OS/c1-19-5-7-20(8-6-19)21-9-11-22(12-10-21)25-27-23-13-18-31-24(23)26(30)29(25)17-16-28-14-3-2-4-15-28/h5-13,18H,2-4,14-17H2,1H3. The van der Waals surface area contributed by atoms with Crippen molar-refractivity contribution in [1.82, 2.24) is 14.5 Å². The van der Waals surface area contributed by atoms with Gasteiger partial charge in [0.15, 0.2) is 0 Å². The van der Waals surface area contributed by atoms with Gasteiger partial charge in [-0.25, -0.2) is 4.98 Å². The van der Waals surface area contributed by atoms with Crippen LogP contribution in [0, 0.1) is 6.92 Å². The van der Waals surface area contributed by atoms with Gasteiger partial charge in [0.05, 0.1) is 5.52 Å². The molecule has 0 N–H and O–H groups in total. The average Bonchev–Trinajstić information content (AvgIpc) is 3.29. The van der Waals surface area contributed by atoms with Crippen LogP contribution < -0.4 is 5.56 Å². The molecule has 4 nitrogen and oxygen atoms in total. The van der Waals surface area contributed by atoms with Crippen LogP contribution in [0.3, 0.4) is 0 Å². The second kappa shape index (κ2) is 8.77.